The standard InChI is InChI=1S/C23H32FNO5S/c1-31(27,28)21-7-6-19(13-20(21)24)29-12-2-3-18-14-23(15-18)8-10-25(11-9-23)22(26)30-16-17-4-5-17/h6-7,13,17-18H,2-5,8-12,14-16H2,1H3. The van der Waals surface area contributed by atoms with Gasteiger partial charge in [0.25, 0.3) is 0 Å². The van der Waals surface area contributed by atoms with Crippen molar-refractivity contribution in [1.82, 2.24) is 4.90 Å². The lowest BCUT2D eigenvalue weighted by molar-refractivity contribution is -0.0177. The third kappa shape index (κ3) is 5.70. The highest BCUT2D eigenvalue weighted by molar-refractivity contribution is 7.90. The van der Waals surface area contributed by atoms with E-state index in [-0.39, 0.29) is 11.0 Å². The van der Waals surface area contributed by atoms with Crippen LogP contribution >= 0.6 is 0 Å². The number of amides is 1. The summed E-state index contributed by atoms with van der Waals surface area (Å²) in [5, 5.41) is 0. The molecule has 0 aromatic heterocycles. The number of nitrogens with zero attached hydrogens (tertiary/aromatic N) is 1. The fourth-order valence-electron chi connectivity index (χ4n) is 4.94. The van der Waals surface area contributed by atoms with Crippen molar-refractivity contribution in [3.8, 4) is 5.75 Å². The highest BCUT2D eigenvalue weighted by Crippen LogP contribution is 2.54. The first-order valence-electron chi connectivity index (χ1n) is 11.3. The molecule has 0 atom stereocenters. The summed E-state index contributed by atoms with van der Waals surface area (Å²) in [5.41, 5.74) is 0.392. The lowest BCUT2D eigenvalue weighted by atomic mass is 9.56. The Bertz CT molecular complexity index is 899. The molecule has 4 rings (SSSR count). The van der Waals surface area contributed by atoms with Crippen LogP contribution in [-0.2, 0) is 14.6 Å². The number of carbonyl (C=O) groups is 1. The minimum atomic E-state index is -3.57. The van der Waals surface area contributed by atoms with Gasteiger partial charge in [0.2, 0.25) is 0 Å². The Labute approximate surface area is 184 Å². The highest BCUT2D eigenvalue weighted by atomic mass is 32.2. The van der Waals surface area contributed by atoms with Crippen LogP contribution in [0.3, 0.4) is 0 Å². The first-order valence-corrected chi connectivity index (χ1v) is 13.2. The summed E-state index contributed by atoms with van der Waals surface area (Å²) in [5.74, 6) is 0.864. The fraction of sp³-hybridized carbons (Fsp3) is 0.696. The molecule has 172 valence electrons. The maximum atomic E-state index is 13.9. The van der Waals surface area contributed by atoms with Crippen molar-refractivity contribution < 1.29 is 27.1 Å². The van der Waals surface area contributed by atoms with E-state index in [2.05, 4.69) is 0 Å². The van der Waals surface area contributed by atoms with Crippen LogP contribution < -0.4 is 4.74 Å². The number of sulfone groups is 1. The van der Waals surface area contributed by atoms with Crippen LogP contribution in [0.5, 0.6) is 5.75 Å². The predicted molar refractivity (Wildman–Crippen MR) is 114 cm³/mol. The van der Waals surface area contributed by atoms with Crippen molar-refractivity contribution >= 4 is 15.9 Å². The minimum absolute atomic E-state index is 0.143. The van der Waals surface area contributed by atoms with Crippen LogP contribution in [0.1, 0.15) is 51.4 Å². The van der Waals surface area contributed by atoms with E-state index in [1.165, 1.54) is 37.8 Å². The van der Waals surface area contributed by atoms with E-state index in [0.29, 0.717) is 36.2 Å². The number of halogens is 1. The molecule has 1 amide bonds. The Morgan fingerprint density at radius 2 is 1.90 bits per heavy atom. The first kappa shape index (κ1) is 22.4. The second kappa shape index (κ2) is 8.96. The van der Waals surface area contributed by atoms with Crippen molar-refractivity contribution in [1.29, 1.82) is 0 Å². The topological polar surface area (TPSA) is 72.9 Å². The van der Waals surface area contributed by atoms with Gasteiger partial charge in [-0.05, 0) is 80.8 Å². The zero-order chi connectivity index (χ0) is 22.1. The molecule has 0 unspecified atom stereocenters. The summed E-state index contributed by atoms with van der Waals surface area (Å²) in [6.07, 6.45) is 9.71. The van der Waals surface area contributed by atoms with Crippen molar-refractivity contribution in [2.45, 2.75) is 56.3 Å². The molecule has 1 heterocycles. The average molecular weight is 454 g/mol. The lowest BCUT2D eigenvalue weighted by Gasteiger charge is -2.52. The average Bonchev–Trinajstić information content (AvgIpc) is 3.52. The van der Waals surface area contributed by atoms with Gasteiger partial charge in [-0.15, -0.1) is 0 Å². The molecule has 1 saturated heterocycles. The van der Waals surface area contributed by atoms with Gasteiger partial charge in [-0.25, -0.2) is 17.6 Å². The molecule has 3 aliphatic rings. The molecule has 1 aromatic carbocycles. The van der Waals surface area contributed by atoms with Crippen LogP contribution in [0.2, 0.25) is 0 Å². The number of ether oxygens (including phenoxy) is 2. The van der Waals surface area contributed by atoms with Crippen molar-refractivity contribution in [2.24, 2.45) is 17.3 Å². The first-order chi connectivity index (χ1) is 14.7. The number of hydrogen-bond donors (Lipinski definition) is 0. The van der Waals surface area contributed by atoms with Crippen molar-refractivity contribution in [3.63, 3.8) is 0 Å². The van der Waals surface area contributed by atoms with E-state index in [9.17, 15) is 17.6 Å². The molecule has 2 aliphatic carbocycles. The summed E-state index contributed by atoms with van der Waals surface area (Å²) in [4.78, 5) is 13.7. The molecule has 8 heteroatoms. The van der Waals surface area contributed by atoms with Gasteiger partial charge in [0.15, 0.2) is 9.84 Å². The number of likely N-dealkylation sites (tertiary alicyclic amines) is 1. The third-order valence-corrected chi connectivity index (χ3v) is 8.12. The number of carbonyl (C=O) groups excluding carboxylic acids is 1. The third-order valence-electron chi connectivity index (χ3n) is 6.99. The molecule has 0 N–H and O–H groups in total. The molecule has 31 heavy (non-hydrogen) atoms. The van der Waals surface area contributed by atoms with Gasteiger partial charge >= 0.3 is 6.09 Å². The molecule has 0 radical (unpaired) electrons. The van der Waals surface area contributed by atoms with Crippen LogP contribution in [-0.4, -0.2) is 52.0 Å². The summed E-state index contributed by atoms with van der Waals surface area (Å²) < 4.78 is 47.9. The normalized spacial score (nSPS) is 21.0. The van der Waals surface area contributed by atoms with Crippen molar-refractivity contribution in [2.75, 3.05) is 32.6 Å². The zero-order valence-corrected chi connectivity index (χ0v) is 19.0. The zero-order valence-electron chi connectivity index (χ0n) is 18.1. The van der Waals surface area contributed by atoms with Gasteiger partial charge < -0.3 is 14.4 Å². The molecule has 2 saturated carbocycles. The molecule has 1 aromatic rings. The van der Waals surface area contributed by atoms with Gasteiger partial charge in [0.05, 0.1) is 13.2 Å². The van der Waals surface area contributed by atoms with Crippen LogP contribution in [0.25, 0.3) is 0 Å². The molecular weight excluding hydrogens is 421 g/mol. The Kier molecular flexibility index (Phi) is 6.47. The summed E-state index contributed by atoms with van der Waals surface area (Å²) in [6, 6.07) is 3.89. The molecular formula is C23H32FNO5S. The van der Waals surface area contributed by atoms with E-state index in [0.717, 1.165) is 51.1 Å². The monoisotopic (exact) mass is 453 g/mol. The molecule has 1 spiro atoms. The van der Waals surface area contributed by atoms with E-state index >= 15 is 0 Å². The van der Waals surface area contributed by atoms with E-state index in [1.807, 2.05) is 4.90 Å². The maximum absolute atomic E-state index is 13.9. The van der Waals surface area contributed by atoms with E-state index < -0.39 is 15.7 Å². The van der Waals surface area contributed by atoms with Crippen molar-refractivity contribution in [3.05, 3.63) is 24.0 Å². The molecule has 1 aliphatic heterocycles. The van der Waals surface area contributed by atoms with Gasteiger partial charge in [-0.2, -0.15) is 0 Å². The maximum Gasteiger partial charge on any atom is 0.409 e. The molecule has 3 fully saturated rings. The number of benzene rings is 1. The summed E-state index contributed by atoms with van der Waals surface area (Å²) in [6.45, 7) is 2.67. The van der Waals surface area contributed by atoms with Gasteiger partial charge in [0, 0.05) is 25.4 Å². The highest BCUT2D eigenvalue weighted by Gasteiger charge is 2.46. The Balaban J connectivity index is 1.11. The van der Waals surface area contributed by atoms with Crippen LogP contribution in [0, 0.1) is 23.1 Å². The van der Waals surface area contributed by atoms with Crippen LogP contribution in [0.4, 0.5) is 9.18 Å². The van der Waals surface area contributed by atoms with Gasteiger partial charge in [-0.3, -0.25) is 0 Å². The van der Waals surface area contributed by atoms with Crippen LogP contribution in [0.15, 0.2) is 23.1 Å². The largest absolute Gasteiger partial charge is 0.493 e. The second-order valence-electron chi connectivity index (χ2n) is 9.64. The predicted octanol–water partition coefficient (Wildman–Crippen LogP) is 4.43. The second-order valence-corrected chi connectivity index (χ2v) is 11.6. The SMILES string of the molecule is CS(=O)(=O)c1ccc(OCCCC2CC3(CCN(C(=O)OCC4CC4)CC3)C2)cc1F. The van der Waals surface area contributed by atoms with E-state index in [1.54, 1.807) is 0 Å². The lowest BCUT2D eigenvalue weighted by Crippen LogP contribution is -2.49. The van der Waals surface area contributed by atoms with Gasteiger partial charge in [-0.1, -0.05) is 0 Å². The summed E-state index contributed by atoms with van der Waals surface area (Å²) >= 11 is 0. The Hall–Kier alpha value is -1.83. The fourth-order valence-corrected chi connectivity index (χ4v) is 5.67. The quantitative estimate of drug-likeness (QED) is 0.545. The Morgan fingerprint density at radius 1 is 1.19 bits per heavy atom. The van der Waals surface area contributed by atoms with Gasteiger partial charge in [0.1, 0.15) is 16.5 Å². The number of hydrogen-bond acceptors (Lipinski definition) is 5. The Morgan fingerprint density at radius 3 is 2.52 bits per heavy atom. The smallest absolute Gasteiger partial charge is 0.409 e. The summed E-state index contributed by atoms with van der Waals surface area (Å²) in [7, 11) is -3.57. The molecule has 0 bridgehead atoms. The number of piperidine rings is 1. The minimum Gasteiger partial charge on any atom is -0.493 e. The molecule has 6 nitrogen and oxygen atoms in total. The van der Waals surface area contributed by atoms with E-state index in [4.69, 9.17) is 9.47 Å². The number of rotatable bonds is 8.